The van der Waals surface area contributed by atoms with Crippen molar-refractivity contribution in [3.05, 3.63) is 60.2 Å². The minimum atomic E-state index is -0.266. The van der Waals surface area contributed by atoms with Gasteiger partial charge in [-0.2, -0.15) is 4.58 Å². The van der Waals surface area contributed by atoms with E-state index < -0.39 is 0 Å². The number of nitrogens with zero attached hydrogens (tertiary/aromatic N) is 2. The lowest BCUT2D eigenvalue weighted by molar-refractivity contribution is -0.533. The third-order valence-electron chi connectivity index (χ3n) is 4.25. The van der Waals surface area contributed by atoms with Crippen LogP contribution < -0.4 is 4.58 Å². The second kappa shape index (κ2) is 7.95. The molecule has 0 saturated carbocycles. The third-order valence-corrected chi connectivity index (χ3v) is 4.25. The van der Waals surface area contributed by atoms with Crippen LogP contribution in [0.1, 0.15) is 25.7 Å². The van der Waals surface area contributed by atoms with Crippen molar-refractivity contribution in [2.75, 3.05) is 13.1 Å². The molecule has 2 nitrogen and oxygen atoms in total. The van der Waals surface area contributed by atoms with Crippen LogP contribution in [0.3, 0.4) is 0 Å². The fraction of sp³-hybridized carbons (Fsp3) is 0.300. The van der Waals surface area contributed by atoms with Crippen LogP contribution in [0.5, 0.6) is 0 Å². The quantitative estimate of drug-likeness (QED) is 0.575. The molecule has 0 spiro atoms. The Labute approximate surface area is 141 Å². The number of rotatable bonds is 4. The van der Waals surface area contributed by atoms with Gasteiger partial charge in [-0.3, -0.25) is 0 Å². The molecule has 24 heavy (non-hydrogen) atoms. The van der Waals surface area contributed by atoms with Crippen LogP contribution in [0, 0.1) is 11.6 Å². The van der Waals surface area contributed by atoms with E-state index in [1.54, 1.807) is 24.3 Å². The molecular formula is C20H22F2N2+2. The van der Waals surface area contributed by atoms with Crippen LogP contribution in [0.25, 0.3) is 0 Å². The first-order valence-corrected chi connectivity index (χ1v) is 8.43. The Bertz CT molecular complexity index is 676. The van der Waals surface area contributed by atoms with Crippen LogP contribution >= 0.6 is 0 Å². The standard InChI is InChI=1S/C20H22F2N2/c21-17-5-9-19(10-6-17)24(20-11-7-18(22)8-12-20)16-4-15-23-13-2-1-3-14-23/h5-12,15-16H,1-4,13-14H2/q+2. The van der Waals surface area contributed by atoms with Crippen molar-refractivity contribution in [2.45, 2.75) is 25.7 Å². The van der Waals surface area contributed by atoms with Crippen LogP contribution in [-0.2, 0) is 0 Å². The monoisotopic (exact) mass is 328 g/mol. The van der Waals surface area contributed by atoms with Crippen LogP contribution in [0.2, 0.25) is 0 Å². The molecule has 4 heteroatoms. The summed E-state index contributed by atoms with van der Waals surface area (Å²) in [7, 11) is 0. The molecule has 0 aliphatic carbocycles. The van der Waals surface area contributed by atoms with Gasteiger partial charge >= 0.3 is 0 Å². The molecule has 2 aromatic rings. The lowest BCUT2D eigenvalue weighted by Crippen LogP contribution is -2.21. The van der Waals surface area contributed by atoms with Crippen molar-refractivity contribution in [1.29, 1.82) is 0 Å². The molecule has 0 unspecified atom stereocenters. The molecule has 124 valence electrons. The molecule has 2 aromatic carbocycles. The van der Waals surface area contributed by atoms with E-state index in [2.05, 4.69) is 17.0 Å². The van der Waals surface area contributed by atoms with Gasteiger partial charge in [-0.25, -0.2) is 13.4 Å². The van der Waals surface area contributed by atoms with Gasteiger partial charge in [0.05, 0.1) is 0 Å². The lowest BCUT2D eigenvalue weighted by atomic mass is 10.1. The Morgan fingerprint density at radius 2 is 1.29 bits per heavy atom. The Balaban J connectivity index is 1.87. The molecule has 0 amide bonds. The van der Waals surface area contributed by atoms with E-state index in [4.69, 9.17) is 0 Å². The maximum absolute atomic E-state index is 13.2. The lowest BCUT2D eigenvalue weighted by Gasteiger charge is -2.08. The molecule has 0 atom stereocenters. The number of piperidine rings is 1. The average molecular weight is 328 g/mol. The fourth-order valence-corrected chi connectivity index (χ4v) is 2.97. The fourth-order valence-electron chi connectivity index (χ4n) is 2.97. The summed E-state index contributed by atoms with van der Waals surface area (Å²) in [6.45, 7) is 2.22. The number of benzene rings is 2. The van der Waals surface area contributed by atoms with E-state index in [-0.39, 0.29) is 11.6 Å². The maximum atomic E-state index is 13.2. The summed E-state index contributed by atoms with van der Waals surface area (Å²) < 4.78 is 30.7. The van der Waals surface area contributed by atoms with Crippen molar-refractivity contribution < 1.29 is 13.4 Å². The first-order valence-electron chi connectivity index (χ1n) is 8.43. The first kappa shape index (κ1) is 16.5. The molecule has 1 heterocycles. The van der Waals surface area contributed by atoms with Gasteiger partial charge in [0.15, 0.2) is 6.21 Å². The SMILES string of the molecule is Fc1ccc([N+](=CCC=[N+]2CCCCC2)c2ccc(F)cc2)cc1. The highest BCUT2D eigenvalue weighted by Gasteiger charge is 2.14. The van der Waals surface area contributed by atoms with Crippen molar-refractivity contribution in [2.24, 2.45) is 0 Å². The molecule has 3 rings (SSSR count). The molecule has 1 fully saturated rings. The zero-order valence-electron chi connectivity index (χ0n) is 13.7. The van der Waals surface area contributed by atoms with E-state index >= 15 is 0 Å². The first-order chi connectivity index (χ1) is 11.7. The Morgan fingerprint density at radius 3 is 1.79 bits per heavy atom. The van der Waals surface area contributed by atoms with E-state index in [0.29, 0.717) is 0 Å². The molecule has 1 aliphatic rings. The molecule has 0 N–H and O–H groups in total. The number of hydrogen-bond acceptors (Lipinski definition) is 0. The predicted octanol–water partition coefficient (Wildman–Crippen LogP) is 4.53. The van der Waals surface area contributed by atoms with Gasteiger partial charge in [0.1, 0.15) is 37.4 Å². The Hall–Kier alpha value is -2.36. The van der Waals surface area contributed by atoms with E-state index in [1.165, 1.54) is 43.5 Å². The van der Waals surface area contributed by atoms with E-state index in [1.807, 2.05) is 4.58 Å². The normalized spacial score (nSPS) is 14.3. The topological polar surface area (TPSA) is 6.02 Å². The third kappa shape index (κ3) is 4.34. The summed E-state index contributed by atoms with van der Waals surface area (Å²) in [5, 5.41) is 0. The summed E-state index contributed by atoms with van der Waals surface area (Å²) >= 11 is 0. The van der Waals surface area contributed by atoms with Gasteiger partial charge in [0.2, 0.25) is 11.4 Å². The summed E-state index contributed by atoms with van der Waals surface area (Å²) in [5.41, 5.74) is 1.71. The van der Waals surface area contributed by atoms with Crippen LogP contribution in [0.4, 0.5) is 20.2 Å². The van der Waals surface area contributed by atoms with Gasteiger partial charge < -0.3 is 0 Å². The summed E-state index contributed by atoms with van der Waals surface area (Å²) in [5.74, 6) is -0.532. The predicted molar refractivity (Wildman–Crippen MR) is 94.8 cm³/mol. The highest BCUT2D eigenvalue weighted by Crippen LogP contribution is 2.20. The van der Waals surface area contributed by atoms with Gasteiger partial charge in [0.25, 0.3) is 0 Å². The smallest absolute Gasteiger partial charge is 0.211 e. The maximum Gasteiger partial charge on any atom is 0.211 e. The Morgan fingerprint density at radius 1 is 0.792 bits per heavy atom. The molecular weight excluding hydrogens is 306 g/mol. The van der Waals surface area contributed by atoms with Gasteiger partial charge in [-0.15, -0.1) is 0 Å². The summed E-state index contributed by atoms with van der Waals surface area (Å²) in [6.07, 6.45) is 8.83. The highest BCUT2D eigenvalue weighted by molar-refractivity contribution is 5.81. The van der Waals surface area contributed by atoms with Gasteiger partial charge in [-0.1, -0.05) is 0 Å². The zero-order valence-corrected chi connectivity index (χ0v) is 13.7. The second-order valence-electron chi connectivity index (χ2n) is 6.02. The average Bonchev–Trinajstić information content (AvgIpc) is 2.62. The van der Waals surface area contributed by atoms with Gasteiger partial charge in [0, 0.05) is 37.1 Å². The summed E-state index contributed by atoms with van der Waals surface area (Å²) in [6, 6.07) is 12.7. The van der Waals surface area contributed by atoms with E-state index in [0.717, 1.165) is 30.9 Å². The van der Waals surface area contributed by atoms with E-state index in [9.17, 15) is 8.78 Å². The van der Waals surface area contributed by atoms with Crippen molar-refractivity contribution >= 4 is 23.8 Å². The number of hydrogen-bond donors (Lipinski definition) is 0. The molecule has 0 aromatic heterocycles. The molecule has 0 bridgehead atoms. The molecule has 0 radical (unpaired) electrons. The van der Waals surface area contributed by atoms with Crippen LogP contribution in [-0.4, -0.2) is 30.1 Å². The number of halogens is 2. The van der Waals surface area contributed by atoms with Gasteiger partial charge in [-0.05, 0) is 30.7 Å². The van der Waals surface area contributed by atoms with Crippen molar-refractivity contribution in [3.63, 3.8) is 0 Å². The minimum absolute atomic E-state index is 0.266. The second-order valence-corrected chi connectivity index (χ2v) is 6.02. The highest BCUT2D eigenvalue weighted by atomic mass is 19.1. The minimum Gasteiger partial charge on any atom is -0.239 e. The molecule has 1 aliphatic heterocycles. The largest absolute Gasteiger partial charge is 0.239 e. The summed E-state index contributed by atoms with van der Waals surface area (Å²) in [4.78, 5) is 0. The van der Waals surface area contributed by atoms with Crippen molar-refractivity contribution in [3.8, 4) is 0 Å². The van der Waals surface area contributed by atoms with Crippen molar-refractivity contribution in [1.82, 2.24) is 4.58 Å². The Kier molecular flexibility index (Phi) is 5.47. The molecule has 1 saturated heterocycles. The van der Waals surface area contributed by atoms with Crippen LogP contribution in [0.15, 0.2) is 48.5 Å². The zero-order chi connectivity index (χ0) is 16.8.